The number of rotatable bonds is 5. The normalized spacial score (nSPS) is 33.2. The van der Waals surface area contributed by atoms with Crippen molar-refractivity contribution in [1.29, 1.82) is 0 Å². The smallest absolute Gasteiger partial charge is 0.0406 e. The Bertz CT molecular complexity index is 150. The van der Waals surface area contributed by atoms with Gasteiger partial charge in [-0.25, -0.2) is 0 Å². The monoisotopic (exact) mass is 217 g/mol. The molecule has 0 atom stereocenters. The van der Waals surface area contributed by atoms with Crippen molar-refractivity contribution in [2.45, 2.75) is 57.9 Å². The molecule has 0 bridgehead atoms. The van der Waals surface area contributed by atoms with E-state index in [1.807, 2.05) is 0 Å². The molecule has 84 valence electrons. The van der Waals surface area contributed by atoms with Crippen LogP contribution in [0.15, 0.2) is 0 Å². The number of hydrogen-bond acceptors (Lipinski definition) is 1. The summed E-state index contributed by atoms with van der Waals surface area (Å²) < 4.78 is 0. The molecule has 1 rings (SSSR count). The molecule has 0 spiro atoms. The fraction of sp³-hybridized carbons (Fsp3) is 1.00. The highest BCUT2D eigenvalue weighted by Crippen LogP contribution is 2.32. The molecule has 1 fully saturated rings. The zero-order valence-electron chi connectivity index (χ0n) is 9.61. The first-order chi connectivity index (χ1) is 6.72. The first kappa shape index (κ1) is 12.3. The van der Waals surface area contributed by atoms with E-state index in [0.29, 0.717) is 0 Å². The van der Waals surface area contributed by atoms with Gasteiger partial charge in [-0.3, -0.25) is 0 Å². The van der Waals surface area contributed by atoms with Crippen LogP contribution in [0.3, 0.4) is 0 Å². The van der Waals surface area contributed by atoms with Crippen LogP contribution < -0.4 is 5.32 Å². The molecule has 14 heavy (non-hydrogen) atoms. The van der Waals surface area contributed by atoms with Gasteiger partial charge < -0.3 is 5.32 Å². The SMILES string of the molecule is CCCCNC1(CCl)CCC(C)CC1. The van der Waals surface area contributed by atoms with Gasteiger partial charge in [0.25, 0.3) is 0 Å². The maximum Gasteiger partial charge on any atom is 0.0406 e. The Morgan fingerprint density at radius 1 is 1.36 bits per heavy atom. The Morgan fingerprint density at radius 3 is 2.50 bits per heavy atom. The summed E-state index contributed by atoms with van der Waals surface area (Å²) in [5, 5.41) is 3.67. The molecule has 1 nitrogen and oxygen atoms in total. The molecule has 0 unspecified atom stereocenters. The van der Waals surface area contributed by atoms with Gasteiger partial charge in [-0.1, -0.05) is 20.3 Å². The molecule has 0 aromatic carbocycles. The van der Waals surface area contributed by atoms with Crippen LogP contribution in [0.2, 0.25) is 0 Å². The first-order valence-electron chi connectivity index (χ1n) is 6.03. The summed E-state index contributed by atoms with van der Waals surface area (Å²) in [6.07, 6.45) is 7.75. The van der Waals surface area contributed by atoms with Gasteiger partial charge in [0.2, 0.25) is 0 Å². The van der Waals surface area contributed by atoms with Crippen LogP contribution in [-0.2, 0) is 0 Å². The van der Waals surface area contributed by atoms with Gasteiger partial charge in [-0.05, 0) is 44.6 Å². The second kappa shape index (κ2) is 5.97. The van der Waals surface area contributed by atoms with Gasteiger partial charge in [0.1, 0.15) is 0 Å². The largest absolute Gasteiger partial charge is 0.310 e. The lowest BCUT2D eigenvalue weighted by atomic mass is 9.78. The number of halogens is 1. The Balaban J connectivity index is 2.34. The Hall–Kier alpha value is 0.250. The molecule has 0 radical (unpaired) electrons. The van der Waals surface area contributed by atoms with Crippen molar-refractivity contribution in [3.05, 3.63) is 0 Å². The Labute approximate surface area is 93.6 Å². The van der Waals surface area contributed by atoms with Crippen molar-refractivity contribution < 1.29 is 0 Å². The highest BCUT2D eigenvalue weighted by Gasteiger charge is 2.32. The van der Waals surface area contributed by atoms with Crippen molar-refractivity contribution in [2.24, 2.45) is 5.92 Å². The topological polar surface area (TPSA) is 12.0 Å². The van der Waals surface area contributed by atoms with Gasteiger partial charge in [0, 0.05) is 11.4 Å². The summed E-state index contributed by atoms with van der Waals surface area (Å²) in [5.74, 6) is 1.68. The summed E-state index contributed by atoms with van der Waals surface area (Å²) in [6, 6.07) is 0. The van der Waals surface area contributed by atoms with E-state index in [1.165, 1.54) is 38.5 Å². The fourth-order valence-electron chi connectivity index (χ4n) is 2.20. The minimum Gasteiger partial charge on any atom is -0.310 e. The van der Waals surface area contributed by atoms with Crippen LogP contribution in [0.5, 0.6) is 0 Å². The van der Waals surface area contributed by atoms with Gasteiger partial charge in [-0.2, -0.15) is 0 Å². The standard InChI is InChI=1S/C12H24ClN/c1-3-4-9-14-12(10-13)7-5-11(2)6-8-12/h11,14H,3-10H2,1-2H3. The molecule has 0 aromatic heterocycles. The third-order valence-electron chi connectivity index (χ3n) is 3.52. The average molecular weight is 218 g/mol. The van der Waals surface area contributed by atoms with Crippen molar-refractivity contribution in [3.8, 4) is 0 Å². The summed E-state index contributed by atoms with van der Waals surface area (Å²) >= 11 is 6.10. The van der Waals surface area contributed by atoms with Crippen LogP contribution in [0.1, 0.15) is 52.4 Å². The van der Waals surface area contributed by atoms with E-state index in [2.05, 4.69) is 19.2 Å². The van der Waals surface area contributed by atoms with Crippen LogP contribution in [-0.4, -0.2) is 18.0 Å². The predicted molar refractivity (Wildman–Crippen MR) is 64.0 cm³/mol. The number of alkyl halides is 1. The maximum absolute atomic E-state index is 6.10. The minimum absolute atomic E-state index is 0.267. The van der Waals surface area contributed by atoms with Crippen molar-refractivity contribution in [2.75, 3.05) is 12.4 Å². The third kappa shape index (κ3) is 3.43. The lowest BCUT2D eigenvalue weighted by Gasteiger charge is -2.39. The number of nitrogens with one attached hydrogen (secondary N) is 1. The quantitative estimate of drug-likeness (QED) is 0.549. The van der Waals surface area contributed by atoms with Gasteiger partial charge >= 0.3 is 0 Å². The van der Waals surface area contributed by atoms with Crippen LogP contribution >= 0.6 is 11.6 Å². The Morgan fingerprint density at radius 2 is 2.00 bits per heavy atom. The summed E-state index contributed by atoms with van der Waals surface area (Å²) in [4.78, 5) is 0. The second-order valence-electron chi connectivity index (χ2n) is 4.88. The van der Waals surface area contributed by atoms with Gasteiger partial charge in [-0.15, -0.1) is 11.6 Å². The van der Waals surface area contributed by atoms with Crippen molar-refractivity contribution in [3.63, 3.8) is 0 Å². The molecule has 0 amide bonds. The first-order valence-corrected chi connectivity index (χ1v) is 6.57. The highest BCUT2D eigenvalue weighted by atomic mass is 35.5. The molecule has 0 aromatic rings. The summed E-state index contributed by atoms with van der Waals surface area (Å²) in [7, 11) is 0. The molecule has 0 heterocycles. The zero-order chi connectivity index (χ0) is 10.4. The van der Waals surface area contributed by atoms with E-state index < -0.39 is 0 Å². The highest BCUT2D eigenvalue weighted by molar-refractivity contribution is 6.18. The van der Waals surface area contributed by atoms with E-state index in [1.54, 1.807) is 0 Å². The van der Waals surface area contributed by atoms with Crippen LogP contribution in [0, 0.1) is 5.92 Å². The summed E-state index contributed by atoms with van der Waals surface area (Å²) in [6.45, 7) is 5.72. The molecular formula is C12H24ClN. The lowest BCUT2D eigenvalue weighted by molar-refractivity contribution is 0.217. The van der Waals surface area contributed by atoms with Crippen molar-refractivity contribution >= 4 is 11.6 Å². The molecule has 2 heteroatoms. The number of unbranched alkanes of at least 4 members (excludes halogenated alkanes) is 1. The number of hydrogen-bond donors (Lipinski definition) is 1. The summed E-state index contributed by atoms with van der Waals surface area (Å²) in [5.41, 5.74) is 0.267. The molecular weight excluding hydrogens is 194 g/mol. The molecule has 1 saturated carbocycles. The molecule has 0 saturated heterocycles. The molecule has 1 N–H and O–H groups in total. The van der Waals surface area contributed by atoms with Crippen molar-refractivity contribution in [1.82, 2.24) is 5.32 Å². The average Bonchev–Trinajstić information content (AvgIpc) is 2.22. The van der Waals surface area contributed by atoms with E-state index in [9.17, 15) is 0 Å². The second-order valence-corrected chi connectivity index (χ2v) is 5.14. The Kier molecular flexibility index (Phi) is 5.25. The van der Waals surface area contributed by atoms with Crippen LogP contribution in [0.25, 0.3) is 0 Å². The lowest BCUT2D eigenvalue weighted by Crippen LogP contribution is -2.49. The molecule has 0 aliphatic heterocycles. The van der Waals surface area contributed by atoms with E-state index >= 15 is 0 Å². The molecule has 1 aliphatic carbocycles. The van der Waals surface area contributed by atoms with E-state index in [4.69, 9.17) is 11.6 Å². The van der Waals surface area contributed by atoms with Gasteiger partial charge in [0.15, 0.2) is 0 Å². The minimum atomic E-state index is 0.267. The third-order valence-corrected chi connectivity index (χ3v) is 4.03. The predicted octanol–water partition coefficient (Wildman–Crippen LogP) is 3.56. The maximum atomic E-state index is 6.10. The van der Waals surface area contributed by atoms with E-state index in [0.717, 1.165) is 18.3 Å². The van der Waals surface area contributed by atoms with Crippen LogP contribution in [0.4, 0.5) is 0 Å². The van der Waals surface area contributed by atoms with Gasteiger partial charge in [0.05, 0.1) is 0 Å². The molecule has 1 aliphatic rings. The van der Waals surface area contributed by atoms with E-state index in [-0.39, 0.29) is 5.54 Å². The fourth-order valence-corrected chi connectivity index (χ4v) is 2.56. The zero-order valence-corrected chi connectivity index (χ0v) is 10.4.